The summed E-state index contributed by atoms with van der Waals surface area (Å²) < 4.78 is 5.53. The van der Waals surface area contributed by atoms with Gasteiger partial charge in [-0.05, 0) is 36.8 Å². The van der Waals surface area contributed by atoms with Gasteiger partial charge in [0, 0.05) is 13.5 Å². The number of nitrogens with zero attached hydrogens (tertiary/aromatic N) is 1. The Labute approximate surface area is 107 Å². The predicted octanol–water partition coefficient (Wildman–Crippen LogP) is 2.73. The van der Waals surface area contributed by atoms with Crippen LogP contribution in [0.4, 0.5) is 0 Å². The molecule has 0 unspecified atom stereocenters. The highest BCUT2D eigenvalue weighted by molar-refractivity contribution is 5.42. The molecule has 0 saturated heterocycles. The summed E-state index contributed by atoms with van der Waals surface area (Å²) in [7, 11) is 1.79. The molecule has 0 amide bonds. The summed E-state index contributed by atoms with van der Waals surface area (Å²) in [5, 5.41) is 0. The monoisotopic (exact) mass is 243 g/mol. The molecular weight excluding hydrogens is 226 g/mol. The van der Waals surface area contributed by atoms with E-state index in [0.717, 1.165) is 37.7 Å². The fourth-order valence-electron chi connectivity index (χ4n) is 2.57. The van der Waals surface area contributed by atoms with Gasteiger partial charge in [0.1, 0.15) is 0 Å². The van der Waals surface area contributed by atoms with E-state index in [0.29, 0.717) is 0 Å². The van der Waals surface area contributed by atoms with E-state index in [-0.39, 0.29) is 11.1 Å². The standard InChI is InChI=1S/C15H17NO2/c1-18-14(6-7-14)10-12-2-4-13(5-3-12)15(8-9-15)16-11-17/h2-5H,6-10H2,1H3. The van der Waals surface area contributed by atoms with E-state index in [1.54, 1.807) is 13.2 Å². The molecule has 2 saturated carbocycles. The van der Waals surface area contributed by atoms with E-state index >= 15 is 0 Å². The molecule has 0 heterocycles. The Hall–Kier alpha value is -1.44. The fraction of sp³-hybridized carbons (Fsp3) is 0.533. The SMILES string of the molecule is COC1(Cc2ccc(C3(N=C=O)CC3)cc2)CC1. The Bertz CT molecular complexity index is 492. The number of aliphatic imine (C=N–C) groups is 1. The topological polar surface area (TPSA) is 38.7 Å². The molecule has 0 aliphatic heterocycles. The normalized spacial score (nSPS) is 22.1. The van der Waals surface area contributed by atoms with Crippen LogP contribution in [0, 0.1) is 0 Å². The lowest BCUT2D eigenvalue weighted by molar-refractivity contribution is 0.0807. The zero-order valence-electron chi connectivity index (χ0n) is 10.6. The molecule has 2 fully saturated rings. The van der Waals surface area contributed by atoms with Crippen LogP contribution in [0.1, 0.15) is 36.8 Å². The third kappa shape index (κ3) is 2.00. The maximum absolute atomic E-state index is 10.4. The third-order valence-corrected chi connectivity index (χ3v) is 4.24. The summed E-state index contributed by atoms with van der Waals surface area (Å²) in [4.78, 5) is 14.4. The number of hydrogen-bond acceptors (Lipinski definition) is 3. The lowest BCUT2D eigenvalue weighted by atomic mass is 10.0. The van der Waals surface area contributed by atoms with Crippen molar-refractivity contribution in [3.8, 4) is 0 Å². The van der Waals surface area contributed by atoms with E-state index in [2.05, 4.69) is 29.3 Å². The maximum Gasteiger partial charge on any atom is 0.235 e. The molecule has 0 radical (unpaired) electrons. The molecule has 0 N–H and O–H groups in total. The number of isocyanates is 1. The molecule has 0 bridgehead atoms. The minimum absolute atomic E-state index is 0.0970. The van der Waals surface area contributed by atoms with Crippen LogP contribution in [-0.2, 0) is 21.5 Å². The van der Waals surface area contributed by atoms with Crippen molar-refractivity contribution in [3.05, 3.63) is 35.4 Å². The van der Waals surface area contributed by atoms with Crippen molar-refractivity contribution in [2.75, 3.05) is 7.11 Å². The summed E-state index contributed by atoms with van der Waals surface area (Å²) in [5.74, 6) is 0. The summed E-state index contributed by atoms with van der Waals surface area (Å²) in [5.41, 5.74) is 2.28. The van der Waals surface area contributed by atoms with Crippen LogP contribution in [0.25, 0.3) is 0 Å². The average Bonchev–Trinajstić information content (AvgIpc) is 3.28. The third-order valence-electron chi connectivity index (χ3n) is 4.24. The minimum atomic E-state index is -0.251. The van der Waals surface area contributed by atoms with E-state index in [9.17, 15) is 4.79 Å². The molecule has 0 aromatic heterocycles. The molecular formula is C15H17NO2. The van der Waals surface area contributed by atoms with Gasteiger partial charge in [-0.2, -0.15) is 4.99 Å². The van der Waals surface area contributed by atoms with Crippen molar-refractivity contribution in [2.45, 2.75) is 43.2 Å². The Kier molecular flexibility index (Phi) is 2.61. The quantitative estimate of drug-likeness (QED) is 0.589. The molecule has 18 heavy (non-hydrogen) atoms. The van der Waals surface area contributed by atoms with Crippen LogP contribution in [0.15, 0.2) is 29.3 Å². The molecule has 2 aliphatic rings. The van der Waals surface area contributed by atoms with Crippen molar-refractivity contribution in [1.82, 2.24) is 0 Å². The van der Waals surface area contributed by atoms with Gasteiger partial charge in [-0.25, -0.2) is 4.79 Å². The largest absolute Gasteiger partial charge is 0.378 e. The second-order valence-corrected chi connectivity index (χ2v) is 5.50. The lowest BCUT2D eigenvalue weighted by Crippen LogP contribution is -2.15. The number of methoxy groups -OCH3 is 1. The molecule has 1 aromatic rings. The van der Waals surface area contributed by atoms with Crippen molar-refractivity contribution >= 4 is 6.08 Å². The number of benzene rings is 1. The van der Waals surface area contributed by atoms with E-state index in [1.165, 1.54) is 5.56 Å². The summed E-state index contributed by atoms with van der Waals surface area (Å²) in [6.45, 7) is 0. The van der Waals surface area contributed by atoms with Gasteiger partial charge in [-0.1, -0.05) is 24.3 Å². The zero-order valence-corrected chi connectivity index (χ0v) is 10.6. The molecule has 2 aliphatic carbocycles. The smallest absolute Gasteiger partial charge is 0.235 e. The van der Waals surface area contributed by atoms with E-state index in [1.807, 2.05) is 0 Å². The van der Waals surface area contributed by atoms with Crippen molar-refractivity contribution < 1.29 is 9.53 Å². The first-order valence-electron chi connectivity index (χ1n) is 6.46. The average molecular weight is 243 g/mol. The Morgan fingerprint density at radius 3 is 2.33 bits per heavy atom. The second-order valence-electron chi connectivity index (χ2n) is 5.50. The first kappa shape index (κ1) is 11.6. The van der Waals surface area contributed by atoms with Gasteiger partial charge < -0.3 is 4.74 Å². The molecule has 1 aromatic carbocycles. The second kappa shape index (κ2) is 4.04. The van der Waals surface area contributed by atoms with Gasteiger partial charge >= 0.3 is 0 Å². The van der Waals surface area contributed by atoms with Gasteiger partial charge in [-0.15, -0.1) is 0 Å². The minimum Gasteiger partial charge on any atom is -0.378 e. The summed E-state index contributed by atoms with van der Waals surface area (Å²) in [6.07, 6.45) is 6.91. The van der Waals surface area contributed by atoms with Gasteiger partial charge in [-0.3, -0.25) is 0 Å². The van der Waals surface area contributed by atoms with Crippen LogP contribution >= 0.6 is 0 Å². The molecule has 3 heteroatoms. The van der Waals surface area contributed by atoms with Gasteiger partial charge in [0.15, 0.2) is 0 Å². The number of ether oxygens (including phenoxy) is 1. The van der Waals surface area contributed by atoms with Crippen molar-refractivity contribution in [1.29, 1.82) is 0 Å². The van der Waals surface area contributed by atoms with Gasteiger partial charge in [0.25, 0.3) is 0 Å². The molecule has 0 atom stereocenters. The molecule has 0 spiro atoms. The first-order chi connectivity index (χ1) is 8.72. The number of hydrogen-bond donors (Lipinski definition) is 0. The van der Waals surface area contributed by atoms with Gasteiger partial charge in [0.2, 0.25) is 6.08 Å². The van der Waals surface area contributed by atoms with Crippen molar-refractivity contribution in [3.63, 3.8) is 0 Å². The highest BCUT2D eigenvalue weighted by atomic mass is 16.5. The highest BCUT2D eigenvalue weighted by Gasteiger charge is 2.45. The first-order valence-corrected chi connectivity index (χ1v) is 6.46. The summed E-state index contributed by atoms with van der Waals surface area (Å²) >= 11 is 0. The maximum atomic E-state index is 10.4. The van der Waals surface area contributed by atoms with E-state index < -0.39 is 0 Å². The van der Waals surface area contributed by atoms with E-state index in [4.69, 9.17) is 4.74 Å². The van der Waals surface area contributed by atoms with Crippen molar-refractivity contribution in [2.24, 2.45) is 4.99 Å². The lowest BCUT2D eigenvalue weighted by Gasteiger charge is -2.14. The fourth-order valence-corrected chi connectivity index (χ4v) is 2.57. The van der Waals surface area contributed by atoms with Crippen LogP contribution in [-0.4, -0.2) is 18.8 Å². The molecule has 3 rings (SSSR count). The van der Waals surface area contributed by atoms with Crippen LogP contribution in [0.2, 0.25) is 0 Å². The van der Waals surface area contributed by atoms with Crippen LogP contribution in [0.5, 0.6) is 0 Å². The Morgan fingerprint density at radius 1 is 1.22 bits per heavy atom. The molecule has 3 nitrogen and oxygen atoms in total. The number of rotatable bonds is 5. The Morgan fingerprint density at radius 2 is 1.89 bits per heavy atom. The van der Waals surface area contributed by atoms with Crippen LogP contribution < -0.4 is 0 Å². The highest BCUT2D eigenvalue weighted by Crippen LogP contribution is 2.49. The zero-order chi connectivity index (χ0) is 12.6. The van der Waals surface area contributed by atoms with Gasteiger partial charge in [0.05, 0.1) is 11.1 Å². The predicted molar refractivity (Wildman–Crippen MR) is 68.2 cm³/mol. The van der Waals surface area contributed by atoms with Crippen LogP contribution in [0.3, 0.4) is 0 Å². The molecule has 94 valence electrons. The number of carbonyl (C=O) groups excluding carboxylic acids is 1. The summed E-state index contributed by atoms with van der Waals surface area (Å²) in [6, 6.07) is 8.45. The Balaban J connectivity index is 1.75.